The van der Waals surface area contributed by atoms with Crippen LogP contribution in [0.5, 0.6) is 0 Å². The first-order chi connectivity index (χ1) is 7.84. The average Bonchev–Trinajstić information content (AvgIpc) is 2.28. The summed E-state index contributed by atoms with van der Waals surface area (Å²) in [7, 11) is 0. The Morgan fingerprint density at radius 2 is 1.56 bits per heavy atom. The number of hydrogen-bond donors (Lipinski definition) is 1. The Bertz CT molecular complexity index is 247. The molecule has 5 rings (SSSR count). The number of hydrogen-bond acceptors (Lipinski definition) is 2. The minimum absolute atomic E-state index is 0.738. The van der Waals surface area contributed by atoms with Gasteiger partial charge in [-0.2, -0.15) is 11.8 Å². The molecule has 1 atom stereocenters. The molecule has 0 amide bonds. The third-order valence-corrected chi connectivity index (χ3v) is 6.81. The van der Waals surface area contributed by atoms with E-state index in [4.69, 9.17) is 0 Å². The Labute approximate surface area is 103 Å². The predicted molar refractivity (Wildman–Crippen MR) is 69.7 cm³/mol. The Morgan fingerprint density at radius 3 is 2.06 bits per heavy atom. The smallest absolute Gasteiger partial charge is 0.0215 e. The second-order valence-corrected chi connectivity index (χ2v) is 8.01. The maximum absolute atomic E-state index is 3.86. The molecule has 1 saturated heterocycles. The molecule has 1 heterocycles. The molecule has 1 nitrogen and oxygen atoms in total. The maximum Gasteiger partial charge on any atom is 0.0215 e. The van der Waals surface area contributed by atoms with Gasteiger partial charge in [-0.05, 0) is 61.7 Å². The van der Waals surface area contributed by atoms with Gasteiger partial charge in [-0.1, -0.05) is 0 Å². The van der Waals surface area contributed by atoms with Crippen molar-refractivity contribution in [1.29, 1.82) is 0 Å². The van der Waals surface area contributed by atoms with Gasteiger partial charge < -0.3 is 5.32 Å². The van der Waals surface area contributed by atoms with Crippen LogP contribution in [0.25, 0.3) is 0 Å². The van der Waals surface area contributed by atoms with Crippen LogP contribution in [0.4, 0.5) is 0 Å². The van der Waals surface area contributed by atoms with Gasteiger partial charge in [0.2, 0.25) is 0 Å². The fourth-order valence-electron chi connectivity index (χ4n) is 5.56. The molecular formula is C14H23NS. The summed E-state index contributed by atoms with van der Waals surface area (Å²) < 4.78 is 0. The van der Waals surface area contributed by atoms with Crippen LogP contribution in [0.15, 0.2) is 0 Å². The fraction of sp³-hybridized carbons (Fsp3) is 1.00. The van der Waals surface area contributed by atoms with E-state index in [0.29, 0.717) is 0 Å². The van der Waals surface area contributed by atoms with E-state index in [1.54, 1.807) is 38.5 Å². The minimum Gasteiger partial charge on any atom is -0.312 e. The van der Waals surface area contributed by atoms with Crippen LogP contribution in [-0.4, -0.2) is 24.1 Å². The van der Waals surface area contributed by atoms with Gasteiger partial charge >= 0.3 is 0 Å². The van der Waals surface area contributed by atoms with E-state index in [1.165, 1.54) is 18.1 Å². The number of rotatable bonds is 1. The molecule has 0 aromatic rings. The Morgan fingerprint density at radius 1 is 0.938 bits per heavy atom. The molecule has 4 aliphatic carbocycles. The quantitative estimate of drug-likeness (QED) is 0.752. The molecule has 90 valence electrons. The molecule has 0 aromatic heterocycles. The van der Waals surface area contributed by atoms with Crippen LogP contribution in [0.2, 0.25) is 0 Å². The summed E-state index contributed by atoms with van der Waals surface area (Å²) in [4.78, 5) is 0. The average molecular weight is 237 g/mol. The standard InChI is InChI=1S/C14H23NS/c1-2-16-9-13(15-1)14-6-10-3-11(7-14)5-12(4-10)8-14/h10-13,15H,1-9H2. The zero-order valence-corrected chi connectivity index (χ0v) is 10.9. The molecule has 2 heteroatoms. The van der Waals surface area contributed by atoms with Crippen molar-refractivity contribution in [2.75, 3.05) is 18.1 Å². The lowest BCUT2D eigenvalue weighted by Crippen LogP contribution is -2.58. The highest BCUT2D eigenvalue weighted by molar-refractivity contribution is 7.99. The van der Waals surface area contributed by atoms with Crippen LogP contribution in [0, 0.1) is 23.2 Å². The molecule has 0 radical (unpaired) electrons. The summed E-state index contributed by atoms with van der Waals surface area (Å²) in [5.41, 5.74) is 0.738. The Kier molecular flexibility index (Phi) is 2.34. The van der Waals surface area contributed by atoms with Crippen LogP contribution >= 0.6 is 11.8 Å². The summed E-state index contributed by atoms with van der Waals surface area (Å²) in [6, 6.07) is 0.861. The lowest BCUT2D eigenvalue weighted by molar-refractivity contribution is -0.0695. The zero-order valence-electron chi connectivity index (χ0n) is 10.1. The normalized spacial score (nSPS) is 55.5. The first kappa shape index (κ1) is 10.3. The van der Waals surface area contributed by atoms with Crippen LogP contribution in [0.3, 0.4) is 0 Å². The second-order valence-electron chi connectivity index (χ2n) is 6.86. The maximum atomic E-state index is 3.86. The lowest BCUT2D eigenvalue weighted by Gasteiger charge is -2.60. The van der Waals surface area contributed by atoms with Crippen molar-refractivity contribution in [3.05, 3.63) is 0 Å². The van der Waals surface area contributed by atoms with Crippen molar-refractivity contribution in [2.45, 2.75) is 44.6 Å². The molecule has 1 aliphatic heterocycles. The predicted octanol–water partition coefficient (Wildman–Crippen LogP) is 2.91. The molecule has 1 unspecified atom stereocenters. The second kappa shape index (κ2) is 3.65. The number of thioether (sulfide) groups is 1. The van der Waals surface area contributed by atoms with E-state index in [2.05, 4.69) is 17.1 Å². The van der Waals surface area contributed by atoms with E-state index >= 15 is 0 Å². The highest BCUT2D eigenvalue weighted by Crippen LogP contribution is 2.61. The van der Waals surface area contributed by atoms with Gasteiger partial charge in [0.1, 0.15) is 0 Å². The molecule has 4 saturated carbocycles. The van der Waals surface area contributed by atoms with Crippen molar-refractivity contribution in [3.8, 4) is 0 Å². The van der Waals surface area contributed by atoms with Crippen molar-refractivity contribution >= 4 is 11.8 Å². The first-order valence-corrected chi connectivity index (χ1v) is 8.31. The van der Waals surface area contributed by atoms with Gasteiger partial charge in [0.25, 0.3) is 0 Å². The molecule has 5 aliphatic rings. The third kappa shape index (κ3) is 1.49. The topological polar surface area (TPSA) is 12.0 Å². The van der Waals surface area contributed by atoms with Crippen molar-refractivity contribution in [1.82, 2.24) is 5.32 Å². The summed E-state index contributed by atoms with van der Waals surface area (Å²) in [5, 5.41) is 3.86. The molecule has 4 bridgehead atoms. The van der Waals surface area contributed by atoms with Crippen LogP contribution in [-0.2, 0) is 0 Å². The molecule has 0 aromatic carbocycles. The van der Waals surface area contributed by atoms with Crippen molar-refractivity contribution in [2.24, 2.45) is 23.2 Å². The molecule has 1 N–H and O–H groups in total. The molecular weight excluding hydrogens is 214 g/mol. The largest absolute Gasteiger partial charge is 0.312 e. The number of nitrogens with one attached hydrogen (secondary N) is 1. The van der Waals surface area contributed by atoms with Crippen LogP contribution in [0.1, 0.15) is 38.5 Å². The molecule has 16 heavy (non-hydrogen) atoms. The van der Waals surface area contributed by atoms with E-state index < -0.39 is 0 Å². The zero-order chi connectivity index (χ0) is 10.6. The van der Waals surface area contributed by atoms with Gasteiger partial charge in [-0.25, -0.2) is 0 Å². The summed E-state index contributed by atoms with van der Waals surface area (Å²) in [5.74, 6) is 6.06. The Balaban J connectivity index is 1.60. The lowest BCUT2D eigenvalue weighted by atomic mass is 9.48. The van der Waals surface area contributed by atoms with Crippen molar-refractivity contribution in [3.63, 3.8) is 0 Å². The van der Waals surface area contributed by atoms with E-state index in [1.807, 2.05) is 0 Å². The summed E-state index contributed by atoms with van der Waals surface area (Å²) in [6.07, 6.45) is 9.45. The molecule has 5 fully saturated rings. The van der Waals surface area contributed by atoms with E-state index in [-0.39, 0.29) is 0 Å². The van der Waals surface area contributed by atoms with Gasteiger partial charge in [0.15, 0.2) is 0 Å². The van der Waals surface area contributed by atoms with Crippen LogP contribution < -0.4 is 5.32 Å². The van der Waals surface area contributed by atoms with E-state index in [0.717, 1.165) is 29.2 Å². The highest BCUT2D eigenvalue weighted by Gasteiger charge is 2.54. The van der Waals surface area contributed by atoms with Gasteiger partial charge in [0.05, 0.1) is 0 Å². The Hall–Kier alpha value is 0.310. The fourth-order valence-corrected chi connectivity index (χ4v) is 6.70. The van der Waals surface area contributed by atoms with Gasteiger partial charge in [0, 0.05) is 24.1 Å². The minimum atomic E-state index is 0.738. The van der Waals surface area contributed by atoms with E-state index in [9.17, 15) is 0 Å². The van der Waals surface area contributed by atoms with Crippen molar-refractivity contribution < 1.29 is 0 Å². The summed E-state index contributed by atoms with van der Waals surface area (Å²) >= 11 is 2.19. The van der Waals surface area contributed by atoms with Gasteiger partial charge in [-0.15, -0.1) is 0 Å². The van der Waals surface area contributed by atoms with Gasteiger partial charge in [-0.3, -0.25) is 0 Å². The molecule has 0 spiro atoms. The third-order valence-electron chi connectivity index (χ3n) is 5.75. The monoisotopic (exact) mass is 237 g/mol. The summed E-state index contributed by atoms with van der Waals surface area (Å²) in [6.45, 7) is 1.26. The SMILES string of the molecule is C1CSCC(C23CC4CC(CC(C4)C2)C3)N1. The first-order valence-electron chi connectivity index (χ1n) is 7.15. The highest BCUT2D eigenvalue weighted by atomic mass is 32.2.